The van der Waals surface area contributed by atoms with Crippen LogP contribution in [0.2, 0.25) is 0 Å². The molecule has 72 heavy (non-hydrogen) atoms. The number of hydrogen-bond acceptors (Lipinski definition) is 13. The van der Waals surface area contributed by atoms with E-state index in [4.69, 9.17) is 9.72 Å². The molecule has 0 bridgehead atoms. The van der Waals surface area contributed by atoms with Crippen molar-refractivity contribution < 1.29 is 29.0 Å². The van der Waals surface area contributed by atoms with E-state index < -0.39 is 11.9 Å². The molecule has 12 rings (SSSR count). The topological polar surface area (TPSA) is 191 Å². The van der Waals surface area contributed by atoms with Crippen LogP contribution in [0.5, 0.6) is 5.75 Å². The van der Waals surface area contributed by atoms with Crippen molar-refractivity contribution in [1.29, 1.82) is 0 Å². The van der Waals surface area contributed by atoms with Crippen LogP contribution in [0, 0.1) is 5.41 Å². The van der Waals surface area contributed by atoms with Crippen molar-refractivity contribution in [2.45, 2.75) is 110 Å². The Balaban J connectivity index is 0.694. The fourth-order valence-electron chi connectivity index (χ4n) is 12.9. The molecule has 374 valence electrons. The molecule has 0 spiro atoms. The van der Waals surface area contributed by atoms with Crippen molar-refractivity contribution in [2.75, 3.05) is 59.3 Å². The number of anilines is 5. The number of imide groups is 1. The third-order valence-corrected chi connectivity index (χ3v) is 16.4. The molecule has 1 aromatic carbocycles. The van der Waals surface area contributed by atoms with Gasteiger partial charge in [0, 0.05) is 119 Å². The lowest BCUT2D eigenvalue weighted by molar-refractivity contribution is -0.136. The van der Waals surface area contributed by atoms with Crippen molar-refractivity contribution in [2.24, 2.45) is 12.5 Å². The molecule has 1 aliphatic carbocycles. The predicted molar refractivity (Wildman–Crippen MR) is 271 cm³/mol. The molecule has 3 saturated heterocycles. The standard InChI is InChI=1S/C54H61N11O7/c1-31-27-60(35-10-13-62-36(22-35)11-18-72-46-23-39-34(21-43(46)62)29-65(51(39)69)42-6-8-48(67)58-50(42)68)14-15-61(31)37-5-7-47(56-26-37)57-41-19-33(28-59(4)52(41)70)38-9-12-55-49(40(38)30-66)64-17-16-63-44(53(64)71)20-32-24-54(2,3)25-45(32)63/h5,7,9,12,19-21,23,26,28,31,35-36,42,66H,6,8,10-11,13-18,22,24-25,27,29-30H2,1-4H3,(H,56,57)(H,58,67,68)/t31-,35+,36+,42?/m1/s1. The molecule has 18 nitrogen and oxygen atoms in total. The minimum atomic E-state index is -0.657. The number of fused-ring (bicyclic) bond motifs is 7. The van der Waals surface area contributed by atoms with Gasteiger partial charge in [0.25, 0.3) is 17.4 Å². The number of rotatable bonds is 8. The molecular weight excluding hydrogens is 915 g/mol. The second-order valence-electron chi connectivity index (χ2n) is 21.6. The molecule has 7 aliphatic rings. The average Bonchev–Trinajstić information content (AvgIpc) is 3.93. The van der Waals surface area contributed by atoms with E-state index in [2.05, 4.69) is 61.7 Å². The summed E-state index contributed by atoms with van der Waals surface area (Å²) in [5, 5.41) is 16.5. The number of aryl methyl sites for hydroxylation is 1. The molecule has 10 heterocycles. The van der Waals surface area contributed by atoms with E-state index in [1.807, 2.05) is 36.5 Å². The van der Waals surface area contributed by atoms with Crippen LogP contribution < -0.4 is 35.6 Å². The van der Waals surface area contributed by atoms with Crippen LogP contribution in [0.1, 0.15) is 96.1 Å². The van der Waals surface area contributed by atoms with Crippen molar-refractivity contribution in [3.63, 3.8) is 0 Å². The lowest BCUT2D eigenvalue weighted by atomic mass is 9.90. The van der Waals surface area contributed by atoms with E-state index in [0.717, 1.165) is 75.2 Å². The lowest BCUT2D eigenvalue weighted by Crippen LogP contribution is -2.58. The maximum absolute atomic E-state index is 14.0. The minimum absolute atomic E-state index is 0.130. The van der Waals surface area contributed by atoms with Gasteiger partial charge in [0.1, 0.15) is 34.8 Å². The highest BCUT2D eigenvalue weighted by atomic mass is 16.5. The van der Waals surface area contributed by atoms with Gasteiger partial charge in [0.2, 0.25) is 11.8 Å². The van der Waals surface area contributed by atoms with Crippen LogP contribution >= 0.6 is 0 Å². The number of aliphatic hydroxyl groups excluding tert-OH is 1. The molecular formula is C54H61N11O7. The maximum Gasteiger partial charge on any atom is 0.276 e. The largest absolute Gasteiger partial charge is 0.491 e. The molecule has 18 heteroatoms. The second-order valence-corrected chi connectivity index (χ2v) is 21.6. The van der Waals surface area contributed by atoms with E-state index in [0.29, 0.717) is 89.7 Å². The highest BCUT2D eigenvalue weighted by Crippen LogP contribution is 2.44. The first-order valence-corrected chi connectivity index (χ1v) is 25.5. The van der Waals surface area contributed by atoms with E-state index in [9.17, 15) is 29.1 Å². The van der Waals surface area contributed by atoms with Crippen LogP contribution in [0.4, 0.5) is 28.7 Å². The number of benzene rings is 1. The number of carbonyl (C=O) groups is 4. The molecule has 5 aromatic rings. The molecule has 1 unspecified atom stereocenters. The molecule has 4 aromatic heterocycles. The summed E-state index contributed by atoms with van der Waals surface area (Å²) >= 11 is 0. The van der Waals surface area contributed by atoms with Crippen molar-refractivity contribution in [1.82, 2.24) is 34.2 Å². The molecule has 4 atom stereocenters. The molecule has 6 aliphatic heterocycles. The summed E-state index contributed by atoms with van der Waals surface area (Å²) in [6.07, 6.45) is 10.6. The average molecular weight is 976 g/mol. The van der Waals surface area contributed by atoms with E-state index >= 15 is 0 Å². The Morgan fingerprint density at radius 1 is 0.861 bits per heavy atom. The molecule has 0 radical (unpaired) electrons. The van der Waals surface area contributed by atoms with Gasteiger partial charge in [-0.25, -0.2) is 9.97 Å². The summed E-state index contributed by atoms with van der Waals surface area (Å²) in [5.41, 5.74) is 8.78. The molecule has 0 saturated carbocycles. The van der Waals surface area contributed by atoms with Gasteiger partial charge in [-0.1, -0.05) is 13.8 Å². The van der Waals surface area contributed by atoms with Gasteiger partial charge >= 0.3 is 0 Å². The Bertz CT molecular complexity index is 3130. The van der Waals surface area contributed by atoms with Crippen molar-refractivity contribution in [3.8, 4) is 16.9 Å². The number of aromatic nitrogens is 4. The van der Waals surface area contributed by atoms with Gasteiger partial charge < -0.3 is 39.0 Å². The van der Waals surface area contributed by atoms with Crippen molar-refractivity contribution in [3.05, 3.63) is 105 Å². The Labute approximate surface area is 417 Å². The summed E-state index contributed by atoms with van der Waals surface area (Å²) < 4.78 is 9.99. The van der Waals surface area contributed by atoms with Gasteiger partial charge in [-0.3, -0.25) is 39.1 Å². The summed E-state index contributed by atoms with van der Waals surface area (Å²) in [7, 11) is 1.70. The Morgan fingerprint density at radius 2 is 1.72 bits per heavy atom. The number of nitrogens with zero attached hydrogens (tertiary/aromatic N) is 9. The van der Waals surface area contributed by atoms with E-state index in [-0.39, 0.29) is 53.8 Å². The first kappa shape index (κ1) is 46.0. The van der Waals surface area contributed by atoms with Crippen LogP contribution in [-0.4, -0.2) is 121 Å². The summed E-state index contributed by atoms with van der Waals surface area (Å²) in [5.74, 6) is 0.629. The van der Waals surface area contributed by atoms with Gasteiger partial charge in [-0.05, 0) is 104 Å². The van der Waals surface area contributed by atoms with Crippen LogP contribution in [0.15, 0.2) is 65.8 Å². The molecule has 4 amide bonds. The number of piperidine rings is 2. The number of nitrogens with one attached hydrogen (secondary N) is 2. The number of piperazine rings is 1. The van der Waals surface area contributed by atoms with Gasteiger partial charge in [-0.2, -0.15) is 0 Å². The van der Waals surface area contributed by atoms with Crippen LogP contribution in [0.25, 0.3) is 11.1 Å². The lowest BCUT2D eigenvalue weighted by Gasteiger charge is -2.48. The summed E-state index contributed by atoms with van der Waals surface area (Å²) in [6, 6.07) is 13.8. The first-order chi connectivity index (χ1) is 34.7. The monoisotopic (exact) mass is 975 g/mol. The van der Waals surface area contributed by atoms with E-state index in [1.165, 1.54) is 15.8 Å². The third-order valence-electron chi connectivity index (χ3n) is 16.4. The number of hydrogen-bond donors (Lipinski definition) is 3. The molecule has 3 N–H and O–H groups in total. The van der Waals surface area contributed by atoms with Gasteiger partial charge in [0.15, 0.2) is 0 Å². The second kappa shape index (κ2) is 17.6. The quantitative estimate of drug-likeness (QED) is 0.181. The fraction of sp³-hybridized carbons (Fsp3) is 0.463. The molecule has 3 fully saturated rings. The highest BCUT2D eigenvalue weighted by Gasteiger charge is 2.43. The Kier molecular flexibility index (Phi) is 11.3. The zero-order valence-electron chi connectivity index (χ0n) is 41.3. The summed E-state index contributed by atoms with van der Waals surface area (Å²) in [4.78, 5) is 85.8. The normalized spacial score (nSPS) is 23.7. The van der Waals surface area contributed by atoms with Crippen LogP contribution in [-0.2, 0) is 49.2 Å². The third kappa shape index (κ3) is 7.89. The SMILES string of the molecule is C[C@@H]1CN([C@H]2CCN3c4cc5c(cc4OCC[C@H]3C2)C(=O)N(C2CCC(=O)NC2=O)C5)CCN1c1ccc(Nc2cc(-c3ccnc(N4CCn5c(cc6c5CC(C)(C)C6)C4=O)c3CO)cn(C)c2=O)nc1. The van der Waals surface area contributed by atoms with E-state index in [1.54, 1.807) is 35.3 Å². The van der Waals surface area contributed by atoms with Crippen molar-refractivity contribution >= 4 is 52.3 Å². The minimum Gasteiger partial charge on any atom is -0.491 e. The Hall–Kier alpha value is -7.05. The maximum atomic E-state index is 14.0. The smallest absolute Gasteiger partial charge is 0.276 e. The first-order valence-electron chi connectivity index (χ1n) is 25.5. The number of ether oxygens (including phenoxy) is 1. The highest BCUT2D eigenvalue weighted by molar-refractivity contribution is 6.07. The zero-order chi connectivity index (χ0) is 49.7. The number of pyridine rings is 3. The Morgan fingerprint density at radius 3 is 2.51 bits per heavy atom. The summed E-state index contributed by atoms with van der Waals surface area (Å²) in [6.45, 7) is 12.0. The number of amides is 4. The van der Waals surface area contributed by atoms with Crippen LogP contribution in [0.3, 0.4) is 0 Å². The number of aliphatic hydroxyl groups is 1. The zero-order valence-corrected chi connectivity index (χ0v) is 41.3. The predicted octanol–water partition coefficient (Wildman–Crippen LogP) is 4.76. The van der Waals surface area contributed by atoms with Gasteiger partial charge in [-0.15, -0.1) is 0 Å². The van der Waals surface area contributed by atoms with Gasteiger partial charge in [0.05, 0.1) is 30.8 Å². The fourth-order valence-corrected chi connectivity index (χ4v) is 12.9. The number of carbonyl (C=O) groups excluding carboxylic acids is 4.